The summed E-state index contributed by atoms with van der Waals surface area (Å²) in [5, 5.41) is 14.7. The van der Waals surface area contributed by atoms with Gasteiger partial charge in [-0.3, -0.25) is 4.79 Å². The van der Waals surface area contributed by atoms with Gasteiger partial charge in [-0.1, -0.05) is 6.92 Å². The van der Waals surface area contributed by atoms with Crippen LogP contribution in [0.4, 0.5) is 4.79 Å². The molecule has 0 saturated heterocycles. The number of ether oxygens (including phenoxy) is 2. The van der Waals surface area contributed by atoms with E-state index in [1.807, 2.05) is 6.92 Å². The van der Waals surface area contributed by atoms with Gasteiger partial charge in [0.05, 0.1) is 6.61 Å². The van der Waals surface area contributed by atoms with Crippen LogP contribution in [0.2, 0.25) is 0 Å². The lowest BCUT2D eigenvalue weighted by Crippen LogP contribution is -2.29. The topological polar surface area (TPSA) is 96.9 Å². The van der Waals surface area contributed by atoms with E-state index < -0.39 is 12.1 Å². The average Bonchev–Trinajstić information content (AvgIpc) is 2.37. The van der Waals surface area contributed by atoms with E-state index in [9.17, 15) is 9.59 Å². The highest BCUT2D eigenvalue weighted by Crippen LogP contribution is 1.96. The van der Waals surface area contributed by atoms with Gasteiger partial charge in [-0.25, -0.2) is 4.79 Å². The fourth-order valence-corrected chi connectivity index (χ4v) is 1.26. The first kappa shape index (κ1) is 17.7. The second-order valence-electron chi connectivity index (χ2n) is 3.90. The van der Waals surface area contributed by atoms with E-state index >= 15 is 0 Å². The summed E-state index contributed by atoms with van der Waals surface area (Å²) in [4.78, 5) is 21.3. The lowest BCUT2D eigenvalue weighted by Gasteiger charge is -2.07. The van der Waals surface area contributed by atoms with Crippen molar-refractivity contribution in [3.8, 4) is 0 Å². The lowest BCUT2D eigenvalue weighted by atomic mass is 10.2. The van der Waals surface area contributed by atoms with Crippen molar-refractivity contribution in [1.82, 2.24) is 10.6 Å². The van der Waals surface area contributed by atoms with Gasteiger partial charge in [-0.2, -0.15) is 0 Å². The van der Waals surface area contributed by atoms with Gasteiger partial charge < -0.3 is 25.2 Å². The molecule has 7 heteroatoms. The number of likely N-dealkylation sites (N-methyl/N-ethyl adjacent to an activating group) is 1. The number of nitrogens with one attached hydrogen (secondary N) is 2. The monoisotopic (exact) mass is 276 g/mol. The number of carbonyl (C=O) groups is 2. The number of rotatable bonds is 12. The molecular formula is C12H24N2O5. The quantitative estimate of drug-likeness (QED) is 0.354. The molecule has 19 heavy (non-hydrogen) atoms. The first-order valence-corrected chi connectivity index (χ1v) is 6.59. The molecule has 0 aliphatic heterocycles. The van der Waals surface area contributed by atoms with Crippen molar-refractivity contribution in [3.05, 3.63) is 0 Å². The summed E-state index contributed by atoms with van der Waals surface area (Å²) in [5.74, 6) is -0.841. The average molecular weight is 276 g/mol. The maximum Gasteiger partial charge on any atom is 0.508 e. The zero-order valence-corrected chi connectivity index (χ0v) is 11.4. The predicted octanol–water partition coefficient (Wildman–Crippen LogP) is 0.594. The number of hydrogen-bond donors (Lipinski definition) is 3. The number of aliphatic carboxylic acids is 1. The van der Waals surface area contributed by atoms with Crippen LogP contribution in [0.15, 0.2) is 0 Å². The van der Waals surface area contributed by atoms with Crippen molar-refractivity contribution in [3.63, 3.8) is 0 Å². The zero-order valence-electron chi connectivity index (χ0n) is 11.4. The molecule has 0 aliphatic carbocycles. The number of carboxylic acids is 1. The summed E-state index contributed by atoms with van der Waals surface area (Å²) < 4.78 is 9.59. The fraction of sp³-hybridized carbons (Fsp3) is 0.833. The first-order chi connectivity index (χ1) is 9.16. The third kappa shape index (κ3) is 14.6. The fourth-order valence-electron chi connectivity index (χ4n) is 1.26. The van der Waals surface area contributed by atoms with Crippen molar-refractivity contribution in [2.24, 2.45) is 0 Å². The molecule has 0 aromatic carbocycles. The van der Waals surface area contributed by atoms with E-state index in [1.165, 1.54) is 0 Å². The number of carboxylic acid groups (broad SMARTS) is 1. The molecule has 3 N–H and O–H groups in total. The number of unbranched alkanes of at least 4 members (excludes halogenated alkanes) is 1. The summed E-state index contributed by atoms with van der Waals surface area (Å²) in [6.45, 7) is 5.72. The van der Waals surface area contributed by atoms with Crippen molar-refractivity contribution < 1.29 is 24.2 Å². The SMILES string of the molecule is CCNCCNCCOC(=O)OCCCCC(=O)O. The van der Waals surface area contributed by atoms with Crippen LogP contribution in [0.1, 0.15) is 26.2 Å². The largest absolute Gasteiger partial charge is 0.508 e. The smallest absolute Gasteiger partial charge is 0.481 e. The maximum atomic E-state index is 11.1. The third-order valence-electron chi connectivity index (χ3n) is 2.23. The standard InChI is InChI=1S/C12H24N2O5/c1-2-13-6-7-14-8-10-19-12(17)18-9-4-3-5-11(15)16/h13-14H,2-10H2,1H3,(H,15,16). The molecule has 0 aromatic heterocycles. The molecule has 0 aromatic rings. The Labute approximate surface area is 113 Å². The van der Waals surface area contributed by atoms with E-state index in [-0.39, 0.29) is 19.6 Å². The Kier molecular flexibility index (Phi) is 12.2. The highest BCUT2D eigenvalue weighted by molar-refractivity contribution is 5.66. The van der Waals surface area contributed by atoms with Crippen molar-refractivity contribution in [2.45, 2.75) is 26.2 Å². The van der Waals surface area contributed by atoms with E-state index in [0.29, 0.717) is 19.4 Å². The van der Waals surface area contributed by atoms with Gasteiger partial charge in [-0.05, 0) is 19.4 Å². The Balaban J connectivity index is 3.19. The van der Waals surface area contributed by atoms with Crippen molar-refractivity contribution in [1.29, 1.82) is 0 Å². The van der Waals surface area contributed by atoms with Crippen LogP contribution in [0.5, 0.6) is 0 Å². The molecule has 0 heterocycles. The third-order valence-corrected chi connectivity index (χ3v) is 2.23. The normalized spacial score (nSPS) is 10.2. The highest BCUT2D eigenvalue weighted by atomic mass is 16.7. The minimum absolute atomic E-state index is 0.0914. The maximum absolute atomic E-state index is 11.1. The Morgan fingerprint density at radius 3 is 2.37 bits per heavy atom. The van der Waals surface area contributed by atoms with Gasteiger partial charge in [0.15, 0.2) is 0 Å². The van der Waals surface area contributed by atoms with E-state index in [0.717, 1.165) is 19.6 Å². The van der Waals surface area contributed by atoms with Crippen LogP contribution in [-0.4, -0.2) is 56.6 Å². The van der Waals surface area contributed by atoms with Gasteiger partial charge in [-0.15, -0.1) is 0 Å². The van der Waals surface area contributed by atoms with Gasteiger partial charge in [0.2, 0.25) is 0 Å². The predicted molar refractivity (Wildman–Crippen MR) is 70.2 cm³/mol. The summed E-state index contributed by atoms with van der Waals surface area (Å²) >= 11 is 0. The molecule has 0 aliphatic rings. The van der Waals surface area contributed by atoms with Gasteiger partial charge in [0, 0.05) is 26.1 Å². The van der Waals surface area contributed by atoms with Gasteiger partial charge in [0.1, 0.15) is 6.61 Å². The van der Waals surface area contributed by atoms with E-state index in [2.05, 4.69) is 10.6 Å². The van der Waals surface area contributed by atoms with Crippen molar-refractivity contribution >= 4 is 12.1 Å². The summed E-state index contributed by atoms with van der Waals surface area (Å²) in [6.07, 6.45) is 0.411. The molecule has 0 saturated carbocycles. The molecule has 0 rings (SSSR count). The second-order valence-corrected chi connectivity index (χ2v) is 3.90. The summed E-state index contributed by atoms with van der Waals surface area (Å²) in [6, 6.07) is 0. The minimum Gasteiger partial charge on any atom is -0.481 e. The minimum atomic E-state index is -0.841. The molecule has 0 spiro atoms. The number of hydrogen-bond acceptors (Lipinski definition) is 6. The molecule has 0 atom stereocenters. The molecule has 0 unspecified atom stereocenters. The van der Waals surface area contributed by atoms with E-state index in [4.69, 9.17) is 14.6 Å². The van der Waals surface area contributed by atoms with E-state index in [1.54, 1.807) is 0 Å². The van der Waals surface area contributed by atoms with Gasteiger partial charge >= 0.3 is 12.1 Å². The van der Waals surface area contributed by atoms with Crippen LogP contribution in [0.3, 0.4) is 0 Å². The molecule has 0 bridgehead atoms. The van der Waals surface area contributed by atoms with Gasteiger partial charge in [0.25, 0.3) is 0 Å². The Bertz CT molecular complexity index is 248. The highest BCUT2D eigenvalue weighted by Gasteiger charge is 2.03. The summed E-state index contributed by atoms with van der Waals surface area (Å²) in [5.41, 5.74) is 0. The van der Waals surface area contributed by atoms with Crippen LogP contribution in [0, 0.1) is 0 Å². The van der Waals surface area contributed by atoms with Crippen LogP contribution in [-0.2, 0) is 14.3 Å². The molecular weight excluding hydrogens is 252 g/mol. The molecule has 7 nitrogen and oxygen atoms in total. The molecule has 0 amide bonds. The first-order valence-electron chi connectivity index (χ1n) is 6.59. The molecule has 0 radical (unpaired) electrons. The zero-order chi connectivity index (χ0) is 14.3. The molecule has 112 valence electrons. The second kappa shape index (κ2) is 13.1. The summed E-state index contributed by atoms with van der Waals surface area (Å²) in [7, 11) is 0. The Morgan fingerprint density at radius 1 is 1.00 bits per heavy atom. The Morgan fingerprint density at radius 2 is 1.68 bits per heavy atom. The van der Waals surface area contributed by atoms with Crippen LogP contribution < -0.4 is 10.6 Å². The van der Waals surface area contributed by atoms with Crippen molar-refractivity contribution in [2.75, 3.05) is 39.4 Å². The lowest BCUT2D eigenvalue weighted by molar-refractivity contribution is -0.137. The van der Waals surface area contributed by atoms with Crippen LogP contribution in [0.25, 0.3) is 0 Å². The van der Waals surface area contributed by atoms with Crippen LogP contribution >= 0.6 is 0 Å². The Hall–Kier alpha value is -1.34. The molecule has 0 fully saturated rings. The number of carbonyl (C=O) groups excluding carboxylic acids is 1.